The highest BCUT2D eigenvalue weighted by molar-refractivity contribution is 7.09. The minimum atomic E-state index is -0.450. The van der Waals surface area contributed by atoms with Crippen molar-refractivity contribution in [1.29, 1.82) is 0 Å². The van der Waals surface area contributed by atoms with Crippen LogP contribution in [-0.2, 0) is 7.05 Å². The van der Waals surface area contributed by atoms with Crippen molar-refractivity contribution < 1.29 is 4.39 Å². The predicted molar refractivity (Wildman–Crippen MR) is 75.0 cm³/mol. The van der Waals surface area contributed by atoms with E-state index in [0.717, 1.165) is 10.6 Å². The van der Waals surface area contributed by atoms with Crippen molar-refractivity contribution in [2.24, 2.45) is 7.05 Å². The number of halogens is 2. The lowest BCUT2D eigenvalue weighted by atomic mass is 10.2. The molecule has 1 aromatic carbocycles. The number of nitrogens with zero attached hydrogens (tertiary/aromatic N) is 5. The topological polar surface area (TPSA) is 56.5 Å². The van der Waals surface area contributed by atoms with Crippen molar-refractivity contribution in [2.75, 3.05) is 0 Å². The van der Waals surface area contributed by atoms with Crippen LogP contribution < -0.4 is 0 Å². The molecule has 0 aliphatic carbocycles. The van der Waals surface area contributed by atoms with Crippen LogP contribution >= 0.6 is 23.1 Å². The van der Waals surface area contributed by atoms with Crippen molar-refractivity contribution in [3.05, 3.63) is 34.7 Å². The summed E-state index contributed by atoms with van der Waals surface area (Å²) in [7, 11) is 1.74. The monoisotopic (exact) mass is 309 g/mol. The third-order valence-corrected chi connectivity index (χ3v) is 3.94. The molecule has 0 atom stereocenters. The lowest BCUT2D eigenvalue weighted by molar-refractivity contribution is 0.629. The van der Waals surface area contributed by atoms with E-state index in [2.05, 4.69) is 19.7 Å². The average Bonchev–Trinajstić information content (AvgIpc) is 2.95. The number of benzene rings is 1. The van der Waals surface area contributed by atoms with Gasteiger partial charge in [-0.05, 0) is 30.6 Å². The van der Waals surface area contributed by atoms with E-state index >= 15 is 0 Å². The van der Waals surface area contributed by atoms with Gasteiger partial charge in [0.2, 0.25) is 0 Å². The fourth-order valence-corrected chi connectivity index (χ4v) is 2.76. The quantitative estimate of drug-likeness (QED) is 0.730. The van der Waals surface area contributed by atoms with Crippen LogP contribution in [0.5, 0.6) is 0 Å². The van der Waals surface area contributed by atoms with Gasteiger partial charge in [0.1, 0.15) is 10.7 Å². The molecular weight excluding hydrogens is 301 g/mol. The van der Waals surface area contributed by atoms with Crippen molar-refractivity contribution in [3.63, 3.8) is 0 Å². The molecule has 2 aromatic heterocycles. The molecule has 3 aromatic rings. The Morgan fingerprint density at radius 3 is 2.80 bits per heavy atom. The lowest BCUT2D eigenvalue weighted by Gasteiger charge is -1.99. The third kappa shape index (κ3) is 2.08. The van der Waals surface area contributed by atoms with Gasteiger partial charge in [-0.25, -0.2) is 14.1 Å². The first-order valence-electron chi connectivity index (χ1n) is 5.72. The van der Waals surface area contributed by atoms with Crippen molar-refractivity contribution in [3.8, 4) is 22.1 Å². The fraction of sp³-hybridized carbons (Fsp3) is 0.167. The molecule has 0 saturated carbocycles. The maximum absolute atomic E-state index is 13.9. The van der Waals surface area contributed by atoms with Crippen LogP contribution in [0, 0.1) is 12.7 Å². The van der Waals surface area contributed by atoms with Crippen LogP contribution in [0.1, 0.15) is 5.69 Å². The molecule has 0 bridgehead atoms. The molecule has 0 radical (unpaired) electrons. The Morgan fingerprint density at radius 1 is 1.35 bits per heavy atom. The van der Waals surface area contributed by atoms with Gasteiger partial charge in [0.05, 0.1) is 16.3 Å². The zero-order valence-corrected chi connectivity index (χ0v) is 12.2. The number of aromatic nitrogens is 5. The first-order chi connectivity index (χ1) is 9.58. The standard InChI is InChI=1S/C12H9ClFN5S/c1-6-10(20-18-16-6)12-15-11(17-19(12)2)9-7(13)4-3-5-8(9)14/h3-5H,1-2H3. The second kappa shape index (κ2) is 4.92. The maximum atomic E-state index is 13.9. The molecule has 0 spiro atoms. The van der Waals surface area contributed by atoms with Crippen molar-refractivity contribution in [1.82, 2.24) is 24.4 Å². The zero-order chi connectivity index (χ0) is 14.3. The maximum Gasteiger partial charge on any atom is 0.186 e. The smallest absolute Gasteiger partial charge is 0.186 e. The Hall–Kier alpha value is -1.86. The molecule has 0 aliphatic rings. The molecule has 20 heavy (non-hydrogen) atoms. The van der Waals surface area contributed by atoms with Gasteiger partial charge in [-0.1, -0.05) is 22.2 Å². The summed E-state index contributed by atoms with van der Waals surface area (Å²) in [4.78, 5) is 5.17. The Labute approximate surface area is 123 Å². The fourth-order valence-electron chi connectivity index (χ4n) is 1.84. The first kappa shape index (κ1) is 13.1. The highest BCUT2D eigenvalue weighted by Gasteiger charge is 2.19. The van der Waals surface area contributed by atoms with Crippen LogP contribution in [0.4, 0.5) is 4.39 Å². The van der Waals surface area contributed by atoms with Gasteiger partial charge in [0.25, 0.3) is 0 Å². The largest absolute Gasteiger partial charge is 0.248 e. The molecule has 0 amide bonds. The van der Waals surface area contributed by atoms with E-state index < -0.39 is 5.82 Å². The summed E-state index contributed by atoms with van der Waals surface area (Å²) in [6, 6.07) is 4.48. The normalized spacial score (nSPS) is 11.0. The third-order valence-electron chi connectivity index (χ3n) is 2.80. The van der Waals surface area contributed by atoms with E-state index in [0.29, 0.717) is 5.82 Å². The number of rotatable bonds is 2. The molecule has 5 nitrogen and oxygen atoms in total. The Morgan fingerprint density at radius 2 is 2.15 bits per heavy atom. The number of hydrogen-bond donors (Lipinski definition) is 0. The van der Waals surface area contributed by atoms with Gasteiger partial charge in [0, 0.05) is 7.05 Å². The lowest BCUT2D eigenvalue weighted by Crippen LogP contribution is -1.94. The highest BCUT2D eigenvalue weighted by Crippen LogP contribution is 2.31. The van der Waals surface area contributed by atoms with Crippen LogP contribution in [0.15, 0.2) is 18.2 Å². The van der Waals surface area contributed by atoms with E-state index in [-0.39, 0.29) is 16.4 Å². The number of aryl methyl sites for hydroxylation is 2. The molecule has 0 saturated heterocycles. The van der Waals surface area contributed by atoms with E-state index in [1.165, 1.54) is 17.6 Å². The molecule has 8 heteroatoms. The molecule has 0 unspecified atom stereocenters. The van der Waals surface area contributed by atoms with Gasteiger partial charge in [0.15, 0.2) is 11.6 Å². The average molecular weight is 310 g/mol. The molecule has 3 rings (SSSR count). The summed E-state index contributed by atoms with van der Waals surface area (Å²) in [6.45, 7) is 1.84. The van der Waals surface area contributed by atoms with Crippen LogP contribution in [0.25, 0.3) is 22.1 Å². The van der Waals surface area contributed by atoms with E-state index in [9.17, 15) is 4.39 Å². The van der Waals surface area contributed by atoms with Gasteiger partial charge in [-0.15, -0.1) is 5.10 Å². The minimum Gasteiger partial charge on any atom is -0.248 e. The second-order valence-corrected chi connectivity index (χ2v) is 5.33. The van der Waals surface area contributed by atoms with Crippen LogP contribution in [-0.4, -0.2) is 24.4 Å². The summed E-state index contributed by atoms with van der Waals surface area (Å²) in [5.41, 5.74) is 0.961. The molecule has 102 valence electrons. The highest BCUT2D eigenvalue weighted by atomic mass is 35.5. The minimum absolute atomic E-state index is 0.200. The molecule has 0 N–H and O–H groups in total. The molecule has 2 heterocycles. The second-order valence-electron chi connectivity index (χ2n) is 4.17. The van der Waals surface area contributed by atoms with E-state index in [1.54, 1.807) is 23.9 Å². The summed E-state index contributed by atoms with van der Waals surface area (Å²) >= 11 is 7.25. The number of hydrogen-bond acceptors (Lipinski definition) is 5. The van der Waals surface area contributed by atoms with Crippen molar-refractivity contribution >= 4 is 23.1 Å². The van der Waals surface area contributed by atoms with E-state index in [1.807, 2.05) is 6.92 Å². The molecule has 0 fully saturated rings. The van der Waals surface area contributed by atoms with Crippen molar-refractivity contribution in [2.45, 2.75) is 6.92 Å². The van der Waals surface area contributed by atoms with Gasteiger partial charge in [-0.2, -0.15) is 5.10 Å². The molecular formula is C12H9ClFN5S. The Kier molecular flexibility index (Phi) is 3.23. The predicted octanol–water partition coefficient (Wildman–Crippen LogP) is 3.10. The molecule has 0 aliphatic heterocycles. The first-order valence-corrected chi connectivity index (χ1v) is 6.88. The summed E-state index contributed by atoms with van der Waals surface area (Å²) in [5.74, 6) is 0.388. The SMILES string of the molecule is Cc1nnsc1-c1nc(-c2c(F)cccc2Cl)nn1C. The summed E-state index contributed by atoms with van der Waals surface area (Å²) in [6.07, 6.45) is 0. The zero-order valence-electron chi connectivity index (χ0n) is 10.6. The van der Waals surface area contributed by atoms with Gasteiger partial charge in [-0.3, -0.25) is 0 Å². The summed E-state index contributed by atoms with van der Waals surface area (Å²) < 4.78 is 19.3. The Bertz CT molecular complexity index is 762. The Balaban J connectivity index is 2.17. The van der Waals surface area contributed by atoms with Crippen LogP contribution in [0.3, 0.4) is 0 Å². The van der Waals surface area contributed by atoms with E-state index in [4.69, 9.17) is 11.6 Å². The van der Waals surface area contributed by atoms with Gasteiger partial charge < -0.3 is 0 Å². The van der Waals surface area contributed by atoms with Crippen LogP contribution in [0.2, 0.25) is 5.02 Å². The van der Waals surface area contributed by atoms with Gasteiger partial charge >= 0.3 is 0 Å². The summed E-state index contributed by atoms with van der Waals surface area (Å²) in [5, 5.41) is 8.45.